The van der Waals surface area contributed by atoms with Crippen molar-refractivity contribution >= 4 is 33.3 Å². The lowest BCUT2D eigenvalue weighted by molar-refractivity contribution is 0.0740. The minimum absolute atomic E-state index is 0.0871. The summed E-state index contributed by atoms with van der Waals surface area (Å²) in [5, 5.41) is 0. The van der Waals surface area contributed by atoms with Crippen LogP contribution in [0.5, 0.6) is 5.75 Å². The Kier molecular flexibility index (Phi) is 4.84. The topological polar surface area (TPSA) is 84.6 Å². The van der Waals surface area contributed by atoms with Crippen molar-refractivity contribution in [3.05, 3.63) is 40.8 Å². The van der Waals surface area contributed by atoms with Gasteiger partial charge in [0.1, 0.15) is 17.3 Å². The molecule has 0 saturated carbocycles. The fourth-order valence-electron chi connectivity index (χ4n) is 2.61. The molecule has 0 spiro atoms. The molecular formula is C16H18BrN5O2. The second-order valence-corrected chi connectivity index (χ2v) is 6.28. The van der Waals surface area contributed by atoms with Crippen molar-refractivity contribution in [1.82, 2.24) is 14.9 Å². The summed E-state index contributed by atoms with van der Waals surface area (Å²) in [5.41, 5.74) is 7.01. The van der Waals surface area contributed by atoms with Crippen molar-refractivity contribution in [2.75, 3.05) is 43.9 Å². The number of hydrogen-bond donors (Lipinski definition) is 1. The first kappa shape index (κ1) is 16.5. The van der Waals surface area contributed by atoms with Gasteiger partial charge in [-0.25, -0.2) is 9.97 Å². The third-order valence-electron chi connectivity index (χ3n) is 3.96. The van der Waals surface area contributed by atoms with Crippen LogP contribution in [0.2, 0.25) is 0 Å². The third kappa shape index (κ3) is 3.43. The molecule has 8 heteroatoms. The van der Waals surface area contributed by atoms with Crippen LogP contribution in [0.3, 0.4) is 0 Å². The number of carbonyl (C=O) groups excluding carboxylic acids is 1. The maximum absolute atomic E-state index is 12.6. The number of nitrogens with zero attached hydrogens (tertiary/aromatic N) is 4. The molecule has 1 amide bonds. The Morgan fingerprint density at radius 3 is 2.58 bits per heavy atom. The molecule has 0 bridgehead atoms. The smallest absolute Gasteiger partial charge is 0.272 e. The Bertz CT molecular complexity index is 730. The van der Waals surface area contributed by atoms with Gasteiger partial charge in [0, 0.05) is 38.4 Å². The number of ether oxygens (including phenoxy) is 1. The molecule has 126 valence electrons. The van der Waals surface area contributed by atoms with E-state index < -0.39 is 0 Å². The molecule has 1 fully saturated rings. The van der Waals surface area contributed by atoms with Gasteiger partial charge in [-0.15, -0.1) is 0 Å². The summed E-state index contributed by atoms with van der Waals surface area (Å²) >= 11 is 3.34. The fourth-order valence-corrected chi connectivity index (χ4v) is 2.99. The van der Waals surface area contributed by atoms with E-state index in [1.54, 1.807) is 36.5 Å². The second-order valence-electron chi connectivity index (χ2n) is 5.42. The molecule has 3 rings (SSSR count). The van der Waals surface area contributed by atoms with Crippen LogP contribution in [-0.4, -0.2) is 54.1 Å². The number of anilines is 2. The summed E-state index contributed by atoms with van der Waals surface area (Å²) in [6.45, 7) is 2.74. The van der Waals surface area contributed by atoms with Gasteiger partial charge in [0.25, 0.3) is 5.91 Å². The van der Waals surface area contributed by atoms with E-state index in [-0.39, 0.29) is 5.91 Å². The highest BCUT2D eigenvalue weighted by Crippen LogP contribution is 2.25. The summed E-state index contributed by atoms with van der Waals surface area (Å²) in [4.78, 5) is 24.9. The number of nitrogens with two attached hydrogens (primary N) is 1. The molecule has 2 aromatic heterocycles. The molecule has 2 N–H and O–H groups in total. The van der Waals surface area contributed by atoms with Crippen LogP contribution in [0.25, 0.3) is 0 Å². The number of hydrogen-bond acceptors (Lipinski definition) is 6. The number of nitrogen functional groups attached to an aromatic ring is 1. The van der Waals surface area contributed by atoms with Crippen molar-refractivity contribution in [1.29, 1.82) is 0 Å². The Balaban J connectivity index is 1.66. The van der Waals surface area contributed by atoms with Crippen molar-refractivity contribution in [2.24, 2.45) is 0 Å². The zero-order valence-electron chi connectivity index (χ0n) is 13.3. The Morgan fingerprint density at radius 2 is 1.96 bits per heavy atom. The Labute approximate surface area is 148 Å². The lowest BCUT2D eigenvalue weighted by Gasteiger charge is -2.35. The molecular weight excluding hydrogens is 374 g/mol. The van der Waals surface area contributed by atoms with Gasteiger partial charge >= 0.3 is 0 Å². The number of aromatic nitrogens is 2. The van der Waals surface area contributed by atoms with Gasteiger partial charge in [0.05, 0.1) is 23.5 Å². The summed E-state index contributed by atoms with van der Waals surface area (Å²) in [5.74, 6) is 1.01. The van der Waals surface area contributed by atoms with Crippen LogP contribution in [0.4, 0.5) is 11.5 Å². The molecule has 1 aliphatic heterocycles. The van der Waals surface area contributed by atoms with Gasteiger partial charge in [-0.2, -0.15) is 0 Å². The van der Waals surface area contributed by atoms with Gasteiger partial charge in [0.2, 0.25) is 0 Å². The lowest BCUT2D eigenvalue weighted by atomic mass is 10.2. The van der Waals surface area contributed by atoms with E-state index in [0.717, 1.165) is 23.2 Å². The molecule has 3 heterocycles. The summed E-state index contributed by atoms with van der Waals surface area (Å²) in [7, 11) is 1.56. The predicted molar refractivity (Wildman–Crippen MR) is 95.3 cm³/mol. The monoisotopic (exact) mass is 391 g/mol. The van der Waals surface area contributed by atoms with Crippen molar-refractivity contribution in [2.45, 2.75) is 0 Å². The van der Waals surface area contributed by atoms with Gasteiger partial charge in [-0.3, -0.25) is 4.79 Å². The zero-order chi connectivity index (χ0) is 17.1. The molecule has 0 unspecified atom stereocenters. The standard InChI is InChI=1S/C16H18BrN5O2/c1-24-14-8-13(19-10-12(14)17)16(23)22-6-4-21(5-7-22)11-2-3-15(18)20-9-11/h2-3,8-10H,4-7H2,1H3,(H2,18,20). The number of amides is 1. The van der Waals surface area contributed by atoms with Gasteiger partial charge < -0.3 is 20.3 Å². The molecule has 0 atom stereocenters. The molecule has 1 saturated heterocycles. The molecule has 24 heavy (non-hydrogen) atoms. The van der Waals surface area contributed by atoms with E-state index in [4.69, 9.17) is 10.5 Å². The third-order valence-corrected chi connectivity index (χ3v) is 4.56. The first-order valence-electron chi connectivity index (χ1n) is 7.54. The van der Waals surface area contributed by atoms with Gasteiger partial charge in [0.15, 0.2) is 0 Å². The van der Waals surface area contributed by atoms with Crippen molar-refractivity contribution in [3.8, 4) is 5.75 Å². The average Bonchev–Trinajstić information content (AvgIpc) is 2.62. The highest BCUT2D eigenvalue weighted by molar-refractivity contribution is 9.10. The van der Waals surface area contributed by atoms with Crippen molar-refractivity contribution in [3.63, 3.8) is 0 Å². The quantitative estimate of drug-likeness (QED) is 0.858. The molecule has 0 aliphatic carbocycles. The van der Waals surface area contributed by atoms with Gasteiger partial charge in [-0.05, 0) is 28.1 Å². The summed E-state index contributed by atoms with van der Waals surface area (Å²) in [6.07, 6.45) is 3.34. The van der Waals surface area contributed by atoms with E-state index in [0.29, 0.717) is 30.4 Å². The average molecular weight is 392 g/mol. The normalized spacial score (nSPS) is 14.6. The number of pyridine rings is 2. The highest BCUT2D eigenvalue weighted by atomic mass is 79.9. The number of carbonyl (C=O) groups is 1. The largest absolute Gasteiger partial charge is 0.495 e. The van der Waals surface area contributed by atoms with E-state index in [1.165, 1.54) is 0 Å². The highest BCUT2D eigenvalue weighted by Gasteiger charge is 2.24. The maximum Gasteiger partial charge on any atom is 0.272 e. The second kappa shape index (κ2) is 7.04. The Hall–Kier alpha value is -2.35. The maximum atomic E-state index is 12.6. The number of halogens is 1. The number of piperazine rings is 1. The Morgan fingerprint density at radius 1 is 1.21 bits per heavy atom. The van der Waals surface area contributed by atoms with Crippen molar-refractivity contribution < 1.29 is 9.53 Å². The minimum Gasteiger partial charge on any atom is -0.495 e. The molecule has 2 aromatic rings. The SMILES string of the molecule is COc1cc(C(=O)N2CCN(c3ccc(N)nc3)CC2)ncc1Br. The minimum atomic E-state index is -0.0871. The van der Waals surface area contributed by atoms with Crippen LogP contribution in [-0.2, 0) is 0 Å². The lowest BCUT2D eigenvalue weighted by Crippen LogP contribution is -2.49. The zero-order valence-corrected chi connectivity index (χ0v) is 14.9. The van der Waals surface area contributed by atoms with E-state index >= 15 is 0 Å². The molecule has 1 aliphatic rings. The molecule has 7 nitrogen and oxygen atoms in total. The van der Waals surface area contributed by atoms with Crippen LogP contribution in [0.15, 0.2) is 35.1 Å². The van der Waals surface area contributed by atoms with E-state index in [2.05, 4.69) is 30.8 Å². The van der Waals surface area contributed by atoms with E-state index in [1.807, 2.05) is 6.07 Å². The summed E-state index contributed by atoms with van der Waals surface area (Å²) in [6, 6.07) is 5.38. The number of methoxy groups -OCH3 is 1. The predicted octanol–water partition coefficient (Wildman–Crippen LogP) is 1.79. The van der Waals surface area contributed by atoms with E-state index in [9.17, 15) is 4.79 Å². The number of rotatable bonds is 3. The van der Waals surface area contributed by atoms with Crippen LogP contribution in [0, 0.1) is 0 Å². The summed E-state index contributed by atoms with van der Waals surface area (Å²) < 4.78 is 5.95. The fraction of sp³-hybridized carbons (Fsp3) is 0.312. The van der Waals surface area contributed by atoms with Crippen LogP contribution in [0.1, 0.15) is 10.5 Å². The first-order valence-corrected chi connectivity index (χ1v) is 8.33. The van der Waals surface area contributed by atoms with Crippen LogP contribution >= 0.6 is 15.9 Å². The van der Waals surface area contributed by atoms with Gasteiger partial charge in [-0.1, -0.05) is 0 Å². The molecule has 0 radical (unpaired) electrons. The first-order chi connectivity index (χ1) is 11.6. The van der Waals surface area contributed by atoms with Crippen LogP contribution < -0.4 is 15.4 Å². The molecule has 0 aromatic carbocycles.